The maximum absolute atomic E-state index is 11.6. The Morgan fingerprint density at radius 2 is 1.86 bits per heavy atom. The zero-order chi connectivity index (χ0) is 16.0. The van der Waals surface area contributed by atoms with Gasteiger partial charge in [0, 0.05) is 13.1 Å². The first-order valence-corrected chi connectivity index (χ1v) is 6.59. The van der Waals surface area contributed by atoms with E-state index in [2.05, 4.69) is 4.74 Å². The molecule has 1 aliphatic heterocycles. The highest BCUT2D eigenvalue weighted by atomic mass is 16.7. The molecule has 120 valence electrons. The molecule has 0 aromatic rings. The minimum atomic E-state index is -2.09. The maximum Gasteiger partial charge on any atom is 0.357 e. The molecule has 1 aliphatic rings. The highest BCUT2D eigenvalue weighted by Crippen LogP contribution is 2.17. The second-order valence-corrected chi connectivity index (χ2v) is 4.62. The van der Waals surface area contributed by atoms with Crippen LogP contribution in [0, 0.1) is 5.92 Å². The van der Waals surface area contributed by atoms with E-state index in [4.69, 9.17) is 9.94 Å². The van der Waals surface area contributed by atoms with Crippen molar-refractivity contribution in [2.24, 2.45) is 5.92 Å². The lowest BCUT2D eigenvalue weighted by molar-refractivity contribution is -0.215. The lowest BCUT2D eigenvalue weighted by atomic mass is 10.00. The zero-order valence-electron chi connectivity index (χ0n) is 11.6. The number of carbonyl (C=O) groups excluding carboxylic acids is 2. The highest BCUT2D eigenvalue weighted by molar-refractivity contribution is 5.85. The van der Waals surface area contributed by atoms with E-state index in [-0.39, 0.29) is 13.2 Å². The van der Waals surface area contributed by atoms with E-state index >= 15 is 0 Å². The Morgan fingerprint density at radius 3 is 2.43 bits per heavy atom. The van der Waals surface area contributed by atoms with Crippen LogP contribution in [0.15, 0.2) is 0 Å². The van der Waals surface area contributed by atoms with Gasteiger partial charge in [-0.15, -0.1) is 5.06 Å². The molecule has 0 bridgehead atoms. The fourth-order valence-electron chi connectivity index (χ4n) is 1.89. The van der Waals surface area contributed by atoms with Gasteiger partial charge in [-0.3, -0.25) is 4.79 Å². The number of aliphatic carboxylic acids is 1. The molecule has 0 radical (unpaired) electrons. The van der Waals surface area contributed by atoms with Crippen molar-refractivity contribution in [2.75, 3.05) is 19.7 Å². The van der Waals surface area contributed by atoms with E-state index < -0.39 is 36.0 Å². The number of carbonyl (C=O) groups is 3. The molecule has 0 aromatic carbocycles. The van der Waals surface area contributed by atoms with Crippen LogP contribution in [0.1, 0.15) is 19.8 Å². The van der Waals surface area contributed by atoms with Crippen LogP contribution in [0.4, 0.5) is 0 Å². The van der Waals surface area contributed by atoms with Crippen molar-refractivity contribution in [3.63, 3.8) is 0 Å². The van der Waals surface area contributed by atoms with E-state index in [1.54, 1.807) is 0 Å². The molecule has 1 heterocycles. The molecule has 0 aliphatic carbocycles. The van der Waals surface area contributed by atoms with Gasteiger partial charge in [0.1, 0.15) is 0 Å². The smallest absolute Gasteiger partial charge is 0.357 e. The summed E-state index contributed by atoms with van der Waals surface area (Å²) in [6.07, 6.45) is -3.15. The normalized spacial score (nSPS) is 22.1. The third kappa shape index (κ3) is 4.96. The van der Waals surface area contributed by atoms with Crippen molar-refractivity contribution in [1.29, 1.82) is 0 Å². The van der Waals surface area contributed by atoms with Crippen LogP contribution in [0.3, 0.4) is 0 Å². The van der Waals surface area contributed by atoms with Gasteiger partial charge < -0.3 is 24.9 Å². The number of aliphatic hydroxyl groups is 2. The average molecular weight is 305 g/mol. The quantitative estimate of drug-likeness (QED) is 0.502. The first-order chi connectivity index (χ1) is 9.86. The summed E-state index contributed by atoms with van der Waals surface area (Å²) in [7, 11) is 0. The Morgan fingerprint density at radius 1 is 1.24 bits per heavy atom. The summed E-state index contributed by atoms with van der Waals surface area (Å²) in [5, 5.41) is 28.9. The molecule has 1 saturated heterocycles. The van der Waals surface area contributed by atoms with Crippen LogP contribution in [0.2, 0.25) is 0 Å². The molecule has 3 N–H and O–H groups in total. The van der Waals surface area contributed by atoms with Crippen LogP contribution < -0.4 is 0 Å². The number of piperidine rings is 1. The molecule has 1 fully saturated rings. The maximum atomic E-state index is 11.6. The number of hydroxylamine groups is 2. The van der Waals surface area contributed by atoms with E-state index in [9.17, 15) is 24.6 Å². The van der Waals surface area contributed by atoms with Crippen molar-refractivity contribution >= 4 is 17.9 Å². The molecule has 0 spiro atoms. The predicted octanol–water partition coefficient (Wildman–Crippen LogP) is -1.47. The minimum absolute atomic E-state index is 0.00984. The molecule has 2 unspecified atom stereocenters. The van der Waals surface area contributed by atoms with Crippen molar-refractivity contribution in [2.45, 2.75) is 32.0 Å². The summed E-state index contributed by atoms with van der Waals surface area (Å²) in [5.41, 5.74) is 0. The summed E-state index contributed by atoms with van der Waals surface area (Å²) in [6.45, 7) is 1.81. The molecule has 9 heteroatoms. The van der Waals surface area contributed by atoms with Crippen molar-refractivity contribution in [3.8, 4) is 0 Å². The first kappa shape index (κ1) is 17.3. The summed E-state index contributed by atoms with van der Waals surface area (Å²) in [5.74, 6) is -4.04. The molecule has 0 amide bonds. The summed E-state index contributed by atoms with van der Waals surface area (Å²) in [6, 6.07) is 0. The van der Waals surface area contributed by atoms with E-state index in [1.807, 2.05) is 0 Å². The standard InChI is InChI=1S/C12H19NO8/c1-2-20-11(18)8(14)9(15)12(19)21-13-5-3-4-7(6-13)10(16)17/h7-9,14-15H,2-6H2,1H3,(H,16,17)/t7-,8?,9?/m1/s1. The average Bonchev–Trinajstić information content (AvgIpc) is 2.46. The van der Waals surface area contributed by atoms with Gasteiger partial charge in [0.25, 0.3) is 0 Å². The number of ether oxygens (including phenoxy) is 1. The van der Waals surface area contributed by atoms with E-state index in [0.717, 1.165) is 5.06 Å². The van der Waals surface area contributed by atoms with Crippen molar-refractivity contribution in [3.05, 3.63) is 0 Å². The third-order valence-electron chi connectivity index (χ3n) is 3.02. The molecule has 3 atom stereocenters. The van der Waals surface area contributed by atoms with Crippen LogP contribution in [0.5, 0.6) is 0 Å². The lowest BCUT2D eigenvalue weighted by Crippen LogP contribution is -2.46. The van der Waals surface area contributed by atoms with Gasteiger partial charge in [0.15, 0.2) is 12.2 Å². The number of hydrogen-bond donors (Lipinski definition) is 3. The number of carboxylic acid groups (broad SMARTS) is 1. The minimum Gasteiger partial charge on any atom is -0.481 e. The lowest BCUT2D eigenvalue weighted by Gasteiger charge is -2.29. The number of esters is 1. The Bertz CT molecular complexity index is 399. The second-order valence-electron chi connectivity index (χ2n) is 4.62. The van der Waals surface area contributed by atoms with Gasteiger partial charge in [-0.1, -0.05) is 0 Å². The van der Waals surface area contributed by atoms with Gasteiger partial charge in [-0.25, -0.2) is 9.59 Å². The zero-order valence-corrected chi connectivity index (χ0v) is 11.6. The number of aliphatic hydroxyl groups excluding tert-OH is 2. The molecule has 9 nitrogen and oxygen atoms in total. The van der Waals surface area contributed by atoms with Crippen LogP contribution >= 0.6 is 0 Å². The molecular weight excluding hydrogens is 286 g/mol. The van der Waals surface area contributed by atoms with Crippen LogP contribution in [-0.4, -0.2) is 70.2 Å². The SMILES string of the molecule is CCOC(=O)C(O)C(O)C(=O)ON1CCC[C@@H](C(=O)O)C1. The molecule has 0 aromatic heterocycles. The van der Waals surface area contributed by atoms with E-state index in [1.165, 1.54) is 6.92 Å². The van der Waals surface area contributed by atoms with E-state index in [0.29, 0.717) is 19.4 Å². The molecular formula is C12H19NO8. The van der Waals surface area contributed by atoms with Crippen molar-refractivity contribution < 1.29 is 39.3 Å². The summed E-state index contributed by atoms with van der Waals surface area (Å²) in [4.78, 5) is 38.5. The van der Waals surface area contributed by atoms with Gasteiger partial charge in [0.05, 0.1) is 12.5 Å². The Hall–Kier alpha value is -1.71. The fourth-order valence-corrected chi connectivity index (χ4v) is 1.89. The predicted molar refractivity (Wildman–Crippen MR) is 66.7 cm³/mol. The molecule has 21 heavy (non-hydrogen) atoms. The number of nitrogens with zero attached hydrogens (tertiary/aromatic N) is 1. The van der Waals surface area contributed by atoms with Crippen LogP contribution in [-0.2, 0) is 24.0 Å². The van der Waals surface area contributed by atoms with Crippen LogP contribution in [0.25, 0.3) is 0 Å². The molecule has 1 rings (SSSR count). The van der Waals surface area contributed by atoms with Gasteiger partial charge in [-0.05, 0) is 19.8 Å². The topological polar surface area (TPSA) is 134 Å². The summed E-state index contributed by atoms with van der Waals surface area (Å²) < 4.78 is 4.47. The summed E-state index contributed by atoms with van der Waals surface area (Å²) >= 11 is 0. The van der Waals surface area contributed by atoms with Crippen molar-refractivity contribution in [1.82, 2.24) is 5.06 Å². The number of rotatable bonds is 6. The highest BCUT2D eigenvalue weighted by Gasteiger charge is 2.35. The second kappa shape index (κ2) is 7.91. The monoisotopic (exact) mass is 305 g/mol. The Kier molecular flexibility index (Phi) is 6.53. The third-order valence-corrected chi connectivity index (χ3v) is 3.02. The number of carboxylic acids is 1. The Balaban J connectivity index is 2.51. The largest absolute Gasteiger partial charge is 0.481 e. The number of hydrogen-bond acceptors (Lipinski definition) is 8. The first-order valence-electron chi connectivity index (χ1n) is 6.59. The van der Waals surface area contributed by atoms with Gasteiger partial charge >= 0.3 is 17.9 Å². The fraction of sp³-hybridized carbons (Fsp3) is 0.750. The van der Waals surface area contributed by atoms with Gasteiger partial charge in [-0.2, -0.15) is 0 Å². The van der Waals surface area contributed by atoms with Gasteiger partial charge in [0.2, 0.25) is 0 Å². The molecule has 0 saturated carbocycles. The Labute approximate surface area is 121 Å².